The summed E-state index contributed by atoms with van der Waals surface area (Å²) in [5, 5.41) is 0. The molecule has 7 heteroatoms. The van der Waals surface area contributed by atoms with Gasteiger partial charge in [0.05, 0.1) is 0 Å². The number of alkyl halides is 3. The molecule has 0 N–H and O–H groups in total. The van der Waals surface area contributed by atoms with Crippen molar-refractivity contribution in [3.8, 4) is 22.3 Å². The molecule has 4 aromatic rings. The van der Waals surface area contributed by atoms with Crippen LogP contribution < -0.4 is 0 Å². The predicted octanol–water partition coefficient (Wildman–Crippen LogP) is 20.1. The summed E-state index contributed by atoms with van der Waals surface area (Å²) in [6, 6.07) is 32.2. The first-order chi connectivity index (χ1) is 33.9. The van der Waals surface area contributed by atoms with Gasteiger partial charge in [-0.1, -0.05) is 0 Å². The molecule has 377 valence electrons. The molecule has 8 fully saturated rings. The first-order valence-electron chi connectivity index (χ1n) is 28.4. The van der Waals surface area contributed by atoms with Crippen LogP contribution >= 0.6 is 17.0 Å². The Morgan fingerprint density at radius 2 is 0.915 bits per heavy atom. The van der Waals surface area contributed by atoms with Crippen molar-refractivity contribution >= 4 is 35.1 Å². The van der Waals surface area contributed by atoms with Crippen LogP contribution in [0.4, 0.5) is 13.2 Å². The number of fused-ring (bicyclic) bond motifs is 2. The van der Waals surface area contributed by atoms with Crippen LogP contribution in [-0.2, 0) is 15.6 Å². The fourth-order valence-corrected chi connectivity index (χ4v) is 58.7. The Morgan fingerprint density at radius 3 is 1.24 bits per heavy atom. The molecule has 71 heavy (non-hydrogen) atoms. The van der Waals surface area contributed by atoms with Crippen molar-refractivity contribution in [3.63, 3.8) is 0 Å². The number of hydrogen-bond acceptors (Lipinski definition) is 0. The third-order valence-electron chi connectivity index (χ3n) is 21.5. The molecule has 0 spiro atoms. The van der Waals surface area contributed by atoms with Crippen molar-refractivity contribution in [1.82, 2.24) is 0 Å². The Kier molecular flexibility index (Phi) is 12.8. The van der Waals surface area contributed by atoms with Gasteiger partial charge in [0, 0.05) is 0 Å². The zero-order valence-corrected chi connectivity index (χ0v) is 48.3. The van der Waals surface area contributed by atoms with Crippen molar-refractivity contribution < 1.29 is 28.7 Å². The molecule has 14 rings (SSSR count). The van der Waals surface area contributed by atoms with Gasteiger partial charge in [-0.2, -0.15) is 0 Å². The topological polar surface area (TPSA) is 0 Å². The van der Waals surface area contributed by atoms with Crippen LogP contribution in [-0.4, -0.2) is 12.1 Å². The normalized spacial score (nSPS) is 33.0. The number of hydrogen-bond donors (Lipinski definition) is 0. The summed E-state index contributed by atoms with van der Waals surface area (Å²) in [6.45, 7) is 11.3. The molecule has 0 saturated heterocycles. The van der Waals surface area contributed by atoms with Crippen LogP contribution in [0.3, 0.4) is 0 Å². The van der Waals surface area contributed by atoms with E-state index in [1.54, 1.807) is 0 Å². The summed E-state index contributed by atoms with van der Waals surface area (Å²) >= 11 is -5.85. The third-order valence-corrected chi connectivity index (χ3v) is 71.7. The third kappa shape index (κ3) is 8.70. The quantitative estimate of drug-likeness (QED) is 0.104. The number of halogens is 5. The van der Waals surface area contributed by atoms with E-state index in [4.69, 9.17) is 0 Å². The number of benzene rings is 4. The molecule has 10 aliphatic rings. The van der Waals surface area contributed by atoms with Crippen LogP contribution in [0.25, 0.3) is 34.4 Å². The average Bonchev–Trinajstić information content (AvgIpc) is 3.90. The molecule has 10 aliphatic carbocycles. The van der Waals surface area contributed by atoms with Gasteiger partial charge < -0.3 is 0 Å². The summed E-state index contributed by atoms with van der Waals surface area (Å²) in [6.07, 6.45) is 20.0. The van der Waals surface area contributed by atoms with Gasteiger partial charge in [0.2, 0.25) is 0 Å². The van der Waals surface area contributed by atoms with Gasteiger partial charge in [0.15, 0.2) is 0 Å². The van der Waals surface area contributed by atoms with Crippen LogP contribution in [0.5, 0.6) is 0 Å². The Morgan fingerprint density at radius 1 is 0.563 bits per heavy atom. The summed E-state index contributed by atoms with van der Waals surface area (Å²) < 4.78 is 44.2. The first kappa shape index (κ1) is 49.7. The average molecular weight is 1090 g/mol. The predicted molar refractivity (Wildman–Crippen MR) is 293 cm³/mol. The minimum atomic E-state index is -5.85. The standard InChI is InChI=1S/2C30H35.C4H8F3Si.2ClH.Zr/c2*1-3-20(2)25-7-9-26(10-8-25)28-6-4-5-27-14-24(15-29(27)28)19-30-16-21-11-22(17-30)13-23(12-21)18-30;1-8-3-2-4(5,6)7;;;/h2*4-10,14-15,20-23H,3,11-13,16-19H2,1-2H3;8H,2-3H2,1H3;2*1H;/q;;;;;+2/p-2. The monoisotopic (exact) mass is 1090 g/mol. The fraction of sp³-hybridized carbons (Fsp3) is 0.562. The van der Waals surface area contributed by atoms with Crippen molar-refractivity contribution in [1.29, 1.82) is 0 Å². The molecule has 0 heterocycles. The number of allylic oxidation sites excluding steroid dienone is 2. The van der Waals surface area contributed by atoms with E-state index < -0.39 is 34.1 Å². The first-order valence-corrected chi connectivity index (χ1v) is 44.4. The summed E-state index contributed by atoms with van der Waals surface area (Å²) in [7, 11) is 18.9. The minimum absolute atomic E-state index is 0.0856. The summed E-state index contributed by atoms with van der Waals surface area (Å²) in [5.41, 5.74) is 15.6. The van der Waals surface area contributed by atoms with E-state index in [-0.39, 0.29) is 24.1 Å². The molecule has 0 amide bonds. The molecule has 0 aromatic heterocycles. The zero-order valence-electron chi connectivity index (χ0n) is 43.2. The van der Waals surface area contributed by atoms with Crippen molar-refractivity contribution in [2.45, 2.75) is 175 Å². The van der Waals surface area contributed by atoms with Gasteiger partial charge in [-0.05, 0) is 0 Å². The molecular formula is C64H78Cl2F3SiZr. The van der Waals surface area contributed by atoms with Crippen LogP contribution in [0, 0.1) is 46.3 Å². The second kappa shape index (κ2) is 18.3. The maximum atomic E-state index is 14.9. The second-order valence-electron chi connectivity index (χ2n) is 26.3. The van der Waals surface area contributed by atoms with E-state index in [1.807, 2.05) is 0 Å². The Bertz CT molecular complexity index is 2500. The summed E-state index contributed by atoms with van der Waals surface area (Å²) in [4.78, 5) is 0. The van der Waals surface area contributed by atoms with E-state index in [0.29, 0.717) is 11.8 Å². The molecule has 8 bridgehead atoms. The van der Waals surface area contributed by atoms with Gasteiger partial charge in [-0.3, -0.25) is 0 Å². The second-order valence-corrected chi connectivity index (χ2v) is 67.6. The van der Waals surface area contributed by atoms with E-state index in [9.17, 15) is 30.2 Å². The van der Waals surface area contributed by atoms with Crippen LogP contribution in [0.1, 0.15) is 189 Å². The van der Waals surface area contributed by atoms with Gasteiger partial charge in [0.25, 0.3) is 0 Å². The van der Waals surface area contributed by atoms with Crippen LogP contribution in [0.15, 0.2) is 96.1 Å². The molecule has 8 saturated carbocycles. The van der Waals surface area contributed by atoms with Crippen molar-refractivity contribution in [2.75, 3.05) is 0 Å². The molecule has 0 nitrogen and oxygen atoms in total. The van der Waals surface area contributed by atoms with E-state index in [1.165, 1.54) is 144 Å². The Balaban J connectivity index is 1.07. The van der Waals surface area contributed by atoms with Crippen molar-refractivity contribution in [3.05, 3.63) is 129 Å². The Hall–Kier alpha value is -2.17. The fourth-order valence-electron chi connectivity index (χ4n) is 18.8. The Labute approximate surface area is 433 Å². The summed E-state index contributed by atoms with van der Waals surface area (Å²) in [5.74, 6) is 3.05. The van der Waals surface area contributed by atoms with Gasteiger partial charge in [-0.25, -0.2) is 0 Å². The van der Waals surface area contributed by atoms with Crippen LogP contribution in [0.2, 0.25) is 12.6 Å². The zero-order chi connectivity index (χ0) is 49.3. The maximum absolute atomic E-state index is 14.9. The van der Waals surface area contributed by atoms with Gasteiger partial charge in [0.1, 0.15) is 0 Å². The molecule has 5 atom stereocenters. The van der Waals surface area contributed by atoms with Gasteiger partial charge >= 0.3 is 437 Å². The van der Waals surface area contributed by atoms with E-state index in [0.717, 1.165) is 61.2 Å². The molecule has 5 unspecified atom stereocenters. The van der Waals surface area contributed by atoms with Crippen molar-refractivity contribution in [2.24, 2.45) is 46.3 Å². The molecule has 0 radical (unpaired) electrons. The van der Waals surface area contributed by atoms with E-state index >= 15 is 0 Å². The number of rotatable bonds is 15. The SMILES string of the molecule is CCC(C)c1ccc(-c2cccc3c2C=C(CC24CC5CC(CC(C5)C2)C4)[CH]3[Zr]([Cl])([Cl])([CH]2C(CC34CC5CC(CC(C5)C3)C4)=Cc3c(-c4ccc(C(C)CC)cc4)cccc32)[SiH](C)CCC(F)(F)F)cc1. The van der Waals surface area contributed by atoms with Gasteiger partial charge in [-0.15, -0.1) is 0 Å². The molecular weight excluding hydrogens is 1020 g/mol. The molecule has 4 aromatic carbocycles. The van der Waals surface area contributed by atoms with E-state index in [2.05, 4.69) is 131 Å². The molecule has 0 aliphatic heterocycles.